The van der Waals surface area contributed by atoms with Gasteiger partial charge in [0.15, 0.2) is 6.29 Å². The van der Waals surface area contributed by atoms with E-state index in [1.54, 1.807) is 12.1 Å². The Kier molecular flexibility index (Phi) is 3.86. The lowest BCUT2D eigenvalue weighted by Crippen LogP contribution is -1.97. The van der Waals surface area contributed by atoms with Crippen LogP contribution in [0.4, 0.5) is 5.69 Å². The number of nitrogens with zero attached hydrogens (tertiary/aromatic N) is 2. The van der Waals surface area contributed by atoms with Crippen LogP contribution >= 0.6 is 15.9 Å². The molecule has 0 bridgehead atoms. The monoisotopic (exact) mass is 322 g/mol. The molecule has 0 aliphatic heterocycles. The molecule has 1 aromatic heterocycles. The van der Waals surface area contributed by atoms with Gasteiger partial charge in [-0.1, -0.05) is 15.9 Å². The second kappa shape index (κ2) is 5.57. The van der Waals surface area contributed by atoms with E-state index in [1.165, 1.54) is 24.4 Å². The van der Waals surface area contributed by atoms with Gasteiger partial charge in [-0.25, -0.2) is 4.98 Å². The molecule has 0 aliphatic rings. The quantitative estimate of drug-likeness (QED) is 0.489. The predicted molar refractivity (Wildman–Crippen MR) is 70.5 cm³/mol. The van der Waals surface area contributed by atoms with Crippen LogP contribution in [0.15, 0.2) is 41.0 Å². The Balaban J connectivity index is 2.43. The first-order valence-corrected chi connectivity index (χ1v) is 5.93. The highest BCUT2D eigenvalue weighted by atomic mass is 79.9. The lowest BCUT2D eigenvalue weighted by Gasteiger charge is -2.07. The third-order valence-electron chi connectivity index (χ3n) is 2.25. The number of aromatic nitrogens is 1. The van der Waals surface area contributed by atoms with Gasteiger partial charge in [-0.3, -0.25) is 14.9 Å². The van der Waals surface area contributed by atoms with Crippen LogP contribution in [-0.4, -0.2) is 16.2 Å². The summed E-state index contributed by atoms with van der Waals surface area (Å²) in [6, 6.07) is 7.45. The maximum atomic E-state index is 10.9. The van der Waals surface area contributed by atoms with Gasteiger partial charge in [-0.2, -0.15) is 0 Å². The van der Waals surface area contributed by atoms with Crippen LogP contribution in [0.2, 0.25) is 0 Å². The fourth-order valence-corrected chi connectivity index (χ4v) is 1.75. The van der Waals surface area contributed by atoms with Crippen LogP contribution in [-0.2, 0) is 0 Å². The first-order chi connectivity index (χ1) is 9.11. The summed E-state index contributed by atoms with van der Waals surface area (Å²) in [5.74, 6) is 0.0536. The Morgan fingerprint density at radius 1 is 1.37 bits per heavy atom. The van der Waals surface area contributed by atoms with Crippen molar-refractivity contribution in [3.05, 3.63) is 56.7 Å². The molecule has 0 radical (unpaired) electrons. The summed E-state index contributed by atoms with van der Waals surface area (Å²) in [6.45, 7) is 0. The normalized spacial score (nSPS) is 9.95. The Labute approximate surface area is 116 Å². The first-order valence-electron chi connectivity index (χ1n) is 5.14. The van der Waals surface area contributed by atoms with Crippen molar-refractivity contribution >= 4 is 27.9 Å². The Morgan fingerprint density at radius 2 is 2.16 bits per heavy atom. The largest absolute Gasteiger partial charge is 0.431 e. The maximum absolute atomic E-state index is 10.9. The number of rotatable bonds is 4. The van der Waals surface area contributed by atoms with E-state index in [9.17, 15) is 14.9 Å². The van der Waals surface area contributed by atoms with E-state index in [0.29, 0.717) is 10.8 Å². The zero-order valence-corrected chi connectivity index (χ0v) is 11.0. The average molecular weight is 323 g/mol. The molecule has 0 spiro atoms. The Hall–Kier alpha value is -2.28. The summed E-state index contributed by atoms with van der Waals surface area (Å²) in [5, 5.41) is 10.9. The van der Waals surface area contributed by atoms with E-state index < -0.39 is 4.92 Å². The number of halogens is 1. The van der Waals surface area contributed by atoms with Gasteiger partial charge in [-0.15, -0.1) is 0 Å². The molecule has 0 saturated carbocycles. The van der Waals surface area contributed by atoms with Gasteiger partial charge in [-0.05, 0) is 24.3 Å². The molecule has 0 N–H and O–H groups in total. The van der Waals surface area contributed by atoms with Gasteiger partial charge in [0.25, 0.3) is 0 Å². The summed E-state index contributed by atoms with van der Waals surface area (Å²) in [5.41, 5.74) is 0.0107. The number of ether oxygens (including phenoxy) is 1. The van der Waals surface area contributed by atoms with E-state index in [1.807, 2.05) is 0 Å². The fourth-order valence-electron chi connectivity index (χ4n) is 1.40. The molecule has 0 amide bonds. The number of carbonyl (C=O) groups is 1. The summed E-state index contributed by atoms with van der Waals surface area (Å²) >= 11 is 3.15. The van der Waals surface area contributed by atoms with Crippen molar-refractivity contribution in [3.8, 4) is 11.6 Å². The third-order valence-corrected chi connectivity index (χ3v) is 2.75. The molecular weight excluding hydrogens is 316 g/mol. The molecule has 0 atom stereocenters. The zero-order chi connectivity index (χ0) is 13.8. The number of benzene rings is 1. The SMILES string of the molecule is O=Cc1cccnc1Oc1ccc(Br)cc1[N+](=O)[O-]. The zero-order valence-electron chi connectivity index (χ0n) is 9.45. The highest BCUT2D eigenvalue weighted by Crippen LogP contribution is 2.33. The van der Waals surface area contributed by atoms with Crippen molar-refractivity contribution in [1.29, 1.82) is 0 Å². The van der Waals surface area contributed by atoms with Crippen molar-refractivity contribution in [2.45, 2.75) is 0 Å². The molecule has 2 rings (SSSR count). The van der Waals surface area contributed by atoms with Crippen molar-refractivity contribution in [2.24, 2.45) is 0 Å². The van der Waals surface area contributed by atoms with Crippen LogP contribution < -0.4 is 4.74 Å². The molecule has 0 saturated heterocycles. The second-order valence-electron chi connectivity index (χ2n) is 3.49. The van der Waals surface area contributed by atoms with Crippen molar-refractivity contribution < 1.29 is 14.5 Å². The highest BCUT2D eigenvalue weighted by Gasteiger charge is 2.17. The minimum atomic E-state index is -0.566. The smallest absolute Gasteiger partial charge is 0.312 e. The van der Waals surface area contributed by atoms with Gasteiger partial charge in [0.1, 0.15) is 0 Å². The van der Waals surface area contributed by atoms with E-state index in [4.69, 9.17) is 4.74 Å². The van der Waals surface area contributed by atoms with Crippen molar-refractivity contribution in [1.82, 2.24) is 4.98 Å². The Bertz CT molecular complexity index is 645. The van der Waals surface area contributed by atoms with Crippen LogP contribution in [0.5, 0.6) is 11.6 Å². The topological polar surface area (TPSA) is 82.3 Å². The number of pyridine rings is 1. The minimum Gasteiger partial charge on any atom is -0.431 e. The van der Waals surface area contributed by atoms with Gasteiger partial charge in [0, 0.05) is 16.7 Å². The maximum Gasteiger partial charge on any atom is 0.312 e. The van der Waals surface area contributed by atoms with Gasteiger partial charge < -0.3 is 4.74 Å². The van der Waals surface area contributed by atoms with E-state index >= 15 is 0 Å². The number of hydrogen-bond donors (Lipinski definition) is 0. The minimum absolute atomic E-state index is 0.0231. The molecular formula is C12H7BrN2O4. The second-order valence-corrected chi connectivity index (χ2v) is 4.40. The summed E-state index contributed by atoms with van der Waals surface area (Å²) < 4.78 is 5.90. The summed E-state index contributed by atoms with van der Waals surface area (Å²) in [4.78, 5) is 25.1. The van der Waals surface area contributed by atoms with Crippen LogP contribution in [0.25, 0.3) is 0 Å². The lowest BCUT2D eigenvalue weighted by atomic mass is 10.3. The van der Waals surface area contributed by atoms with Crippen molar-refractivity contribution in [3.63, 3.8) is 0 Å². The molecule has 0 aliphatic carbocycles. The molecule has 19 heavy (non-hydrogen) atoms. The standard InChI is InChI=1S/C12H7BrN2O4/c13-9-3-4-11(10(6-9)15(17)18)19-12-8(7-16)2-1-5-14-12/h1-7H. The summed E-state index contributed by atoms with van der Waals surface area (Å²) in [6.07, 6.45) is 2.01. The third kappa shape index (κ3) is 2.94. The Morgan fingerprint density at radius 3 is 2.84 bits per heavy atom. The molecule has 6 nitrogen and oxygen atoms in total. The number of nitro benzene ring substituents is 1. The molecule has 96 valence electrons. The van der Waals surface area contributed by atoms with E-state index in [2.05, 4.69) is 20.9 Å². The molecule has 0 unspecified atom stereocenters. The van der Waals surface area contributed by atoms with Crippen LogP contribution in [0.1, 0.15) is 10.4 Å². The van der Waals surface area contributed by atoms with Gasteiger partial charge in [0.2, 0.25) is 11.6 Å². The number of aldehydes is 1. The molecule has 0 fully saturated rings. The van der Waals surface area contributed by atoms with Gasteiger partial charge >= 0.3 is 5.69 Å². The predicted octanol–water partition coefficient (Wildman–Crippen LogP) is 3.36. The molecule has 7 heteroatoms. The number of carbonyl (C=O) groups excluding carboxylic acids is 1. The first kappa shape index (κ1) is 13.2. The van der Waals surface area contributed by atoms with Gasteiger partial charge in [0.05, 0.1) is 10.5 Å². The number of nitro groups is 1. The molecule has 2 aromatic rings. The van der Waals surface area contributed by atoms with Crippen LogP contribution in [0.3, 0.4) is 0 Å². The fraction of sp³-hybridized carbons (Fsp3) is 0. The van der Waals surface area contributed by atoms with Crippen LogP contribution in [0, 0.1) is 10.1 Å². The summed E-state index contributed by atoms with van der Waals surface area (Å²) in [7, 11) is 0. The van der Waals surface area contributed by atoms with E-state index in [0.717, 1.165) is 0 Å². The number of hydrogen-bond acceptors (Lipinski definition) is 5. The van der Waals surface area contributed by atoms with Crippen molar-refractivity contribution in [2.75, 3.05) is 0 Å². The van der Waals surface area contributed by atoms with E-state index in [-0.39, 0.29) is 22.9 Å². The molecule has 1 heterocycles. The average Bonchev–Trinajstić information content (AvgIpc) is 2.41. The highest BCUT2D eigenvalue weighted by molar-refractivity contribution is 9.10. The lowest BCUT2D eigenvalue weighted by molar-refractivity contribution is -0.385. The molecule has 1 aromatic carbocycles.